The van der Waals surface area contributed by atoms with Crippen molar-refractivity contribution < 1.29 is 4.79 Å². The van der Waals surface area contributed by atoms with Crippen LogP contribution in [0, 0.1) is 6.92 Å². The second kappa shape index (κ2) is 7.87. The number of nitrogens with one attached hydrogen (secondary N) is 2. The molecule has 1 unspecified atom stereocenters. The fourth-order valence-electron chi connectivity index (χ4n) is 3.23. The van der Waals surface area contributed by atoms with Crippen molar-refractivity contribution >= 4 is 28.5 Å². The predicted octanol–water partition coefficient (Wildman–Crippen LogP) is 4.97. The molecule has 28 heavy (non-hydrogen) atoms. The van der Waals surface area contributed by atoms with E-state index in [1.165, 1.54) is 0 Å². The zero-order valence-electron chi connectivity index (χ0n) is 15.4. The van der Waals surface area contributed by atoms with E-state index in [1.54, 1.807) is 12.1 Å². The normalized spacial score (nSPS) is 12.1. The number of aromatic nitrogens is 2. The van der Waals surface area contributed by atoms with Crippen molar-refractivity contribution in [1.82, 2.24) is 15.3 Å². The summed E-state index contributed by atoms with van der Waals surface area (Å²) in [5.74, 6) is 0.643. The van der Waals surface area contributed by atoms with Crippen molar-refractivity contribution in [1.29, 1.82) is 0 Å². The molecule has 0 radical (unpaired) electrons. The number of rotatable bonds is 5. The molecule has 3 aromatic carbocycles. The van der Waals surface area contributed by atoms with Crippen LogP contribution in [0.25, 0.3) is 11.0 Å². The summed E-state index contributed by atoms with van der Waals surface area (Å²) in [5.41, 5.74) is 4.89. The van der Waals surface area contributed by atoms with Crippen molar-refractivity contribution in [2.75, 3.05) is 0 Å². The second-order valence-electron chi connectivity index (χ2n) is 6.86. The van der Waals surface area contributed by atoms with Crippen LogP contribution in [-0.2, 0) is 11.2 Å². The molecule has 0 aliphatic rings. The summed E-state index contributed by atoms with van der Waals surface area (Å²) in [6.07, 6.45) is 0.278. The molecule has 1 amide bonds. The topological polar surface area (TPSA) is 57.8 Å². The van der Waals surface area contributed by atoms with Crippen LogP contribution in [-0.4, -0.2) is 15.9 Å². The van der Waals surface area contributed by atoms with Gasteiger partial charge in [-0.2, -0.15) is 0 Å². The van der Waals surface area contributed by atoms with Gasteiger partial charge in [-0.3, -0.25) is 4.79 Å². The van der Waals surface area contributed by atoms with Crippen LogP contribution < -0.4 is 5.32 Å². The number of hydrogen-bond acceptors (Lipinski definition) is 2. The number of carbonyl (C=O) groups is 1. The van der Waals surface area contributed by atoms with Crippen molar-refractivity contribution in [2.45, 2.75) is 19.4 Å². The molecule has 0 spiro atoms. The number of amides is 1. The summed E-state index contributed by atoms with van der Waals surface area (Å²) >= 11 is 5.93. The minimum Gasteiger partial charge on any atom is -0.342 e. The van der Waals surface area contributed by atoms with E-state index in [2.05, 4.69) is 16.4 Å². The largest absolute Gasteiger partial charge is 0.342 e. The van der Waals surface area contributed by atoms with Gasteiger partial charge in [-0.15, -0.1) is 0 Å². The van der Waals surface area contributed by atoms with E-state index in [-0.39, 0.29) is 18.4 Å². The Morgan fingerprint density at radius 2 is 1.82 bits per heavy atom. The van der Waals surface area contributed by atoms with Crippen LogP contribution in [0.5, 0.6) is 0 Å². The first kappa shape index (κ1) is 18.3. The number of nitrogens with zero attached hydrogens (tertiary/aromatic N) is 1. The number of H-pyrrole nitrogens is 1. The third kappa shape index (κ3) is 4.07. The fourth-order valence-corrected chi connectivity index (χ4v) is 3.36. The molecule has 0 bridgehead atoms. The van der Waals surface area contributed by atoms with Crippen molar-refractivity contribution in [2.24, 2.45) is 0 Å². The summed E-state index contributed by atoms with van der Waals surface area (Å²) in [4.78, 5) is 20.8. The SMILES string of the molecule is Cc1ccc2nc(C(NC(=O)Cc3ccc(Cl)cc3)c3ccccc3)[nH]c2c1. The molecule has 0 aliphatic heterocycles. The van der Waals surface area contributed by atoms with Gasteiger partial charge in [0, 0.05) is 5.02 Å². The summed E-state index contributed by atoms with van der Waals surface area (Å²) in [7, 11) is 0. The summed E-state index contributed by atoms with van der Waals surface area (Å²) in [6.45, 7) is 2.04. The van der Waals surface area contributed by atoms with Crippen LogP contribution >= 0.6 is 11.6 Å². The number of hydrogen-bond donors (Lipinski definition) is 2. The number of imidazole rings is 1. The minimum atomic E-state index is -0.353. The lowest BCUT2D eigenvalue weighted by Gasteiger charge is -2.17. The van der Waals surface area contributed by atoms with Crippen LogP contribution in [0.15, 0.2) is 72.8 Å². The highest BCUT2D eigenvalue weighted by Gasteiger charge is 2.20. The summed E-state index contributed by atoms with van der Waals surface area (Å²) in [5, 5.41) is 3.78. The molecule has 0 fully saturated rings. The Morgan fingerprint density at radius 3 is 2.57 bits per heavy atom. The molecule has 2 N–H and O–H groups in total. The molecule has 4 nitrogen and oxygen atoms in total. The van der Waals surface area contributed by atoms with Crippen LogP contribution in [0.3, 0.4) is 0 Å². The van der Waals surface area contributed by atoms with Gasteiger partial charge in [0.1, 0.15) is 11.9 Å². The Labute approximate surface area is 168 Å². The Morgan fingerprint density at radius 1 is 1.07 bits per heavy atom. The highest BCUT2D eigenvalue weighted by atomic mass is 35.5. The fraction of sp³-hybridized carbons (Fsp3) is 0.130. The van der Waals surface area contributed by atoms with Crippen molar-refractivity contribution in [3.05, 3.63) is 100 Å². The molecular weight excluding hydrogens is 370 g/mol. The van der Waals surface area contributed by atoms with Crippen LogP contribution in [0.1, 0.15) is 28.6 Å². The standard InChI is InChI=1S/C23H20ClN3O/c1-15-7-12-19-20(13-15)26-23(25-19)22(17-5-3-2-4-6-17)27-21(28)14-16-8-10-18(24)11-9-16/h2-13,22H,14H2,1H3,(H,25,26)(H,27,28). The summed E-state index contributed by atoms with van der Waals surface area (Å²) in [6, 6.07) is 22.9. The van der Waals surface area contributed by atoms with E-state index in [4.69, 9.17) is 16.6 Å². The number of fused-ring (bicyclic) bond motifs is 1. The Hall–Kier alpha value is -3.11. The quantitative estimate of drug-likeness (QED) is 0.506. The Bertz CT molecular complexity index is 1100. The number of aromatic amines is 1. The molecule has 5 heteroatoms. The molecule has 0 saturated heterocycles. The first-order chi connectivity index (χ1) is 13.6. The molecule has 0 aliphatic carbocycles. The highest BCUT2D eigenvalue weighted by Crippen LogP contribution is 2.23. The average Bonchev–Trinajstić information content (AvgIpc) is 3.11. The van der Waals surface area contributed by atoms with E-state index in [9.17, 15) is 4.79 Å². The van der Waals surface area contributed by atoms with E-state index >= 15 is 0 Å². The van der Waals surface area contributed by atoms with E-state index in [1.807, 2.05) is 61.5 Å². The Balaban J connectivity index is 1.63. The molecule has 4 rings (SSSR count). The molecule has 1 aromatic heterocycles. The highest BCUT2D eigenvalue weighted by molar-refractivity contribution is 6.30. The maximum atomic E-state index is 12.7. The third-order valence-electron chi connectivity index (χ3n) is 4.65. The van der Waals surface area contributed by atoms with E-state index in [0.29, 0.717) is 5.02 Å². The zero-order chi connectivity index (χ0) is 19.5. The lowest BCUT2D eigenvalue weighted by Crippen LogP contribution is -2.31. The van der Waals surface area contributed by atoms with Gasteiger partial charge in [-0.1, -0.05) is 60.1 Å². The number of aryl methyl sites for hydroxylation is 1. The third-order valence-corrected chi connectivity index (χ3v) is 4.90. The summed E-state index contributed by atoms with van der Waals surface area (Å²) < 4.78 is 0. The van der Waals surface area contributed by atoms with Crippen molar-refractivity contribution in [3.63, 3.8) is 0 Å². The van der Waals surface area contributed by atoms with Crippen LogP contribution in [0.4, 0.5) is 0 Å². The van der Waals surface area contributed by atoms with Gasteiger partial charge >= 0.3 is 0 Å². The van der Waals surface area contributed by atoms with Gasteiger partial charge in [0.2, 0.25) is 5.91 Å². The molecule has 140 valence electrons. The predicted molar refractivity (Wildman–Crippen MR) is 112 cm³/mol. The van der Waals surface area contributed by atoms with E-state index < -0.39 is 0 Å². The lowest BCUT2D eigenvalue weighted by molar-refractivity contribution is -0.121. The van der Waals surface area contributed by atoms with E-state index in [0.717, 1.165) is 33.5 Å². The number of carbonyl (C=O) groups excluding carboxylic acids is 1. The van der Waals surface area contributed by atoms with Crippen LogP contribution in [0.2, 0.25) is 5.02 Å². The van der Waals surface area contributed by atoms with Gasteiger partial charge in [0.05, 0.1) is 17.5 Å². The van der Waals surface area contributed by atoms with Gasteiger partial charge in [-0.25, -0.2) is 4.98 Å². The van der Waals surface area contributed by atoms with Gasteiger partial charge in [-0.05, 0) is 47.9 Å². The second-order valence-corrected chi connectivity index (χ2v) is 7.29. The molecule has 4 aromatic rings. The Kier molecular flexibility index (Phi) is 5.13. The molecular formula is C23H20ClN3O. The maximum absolute atomic E-state index is 12.7. The zero-order valence-corrected chi connectivity index (χ0v) is 16.2. The maximum Gasteiger partial charge on any atom is 0.225 e. The number of benzene rings is 3. The smallest absolute Gasteiger partial charge is 0.225 e. The van der Waals surface area contributed by atoms with Crippen molar-refractivity contribution in [3.8, 4) is 0 Å². The van der Waals surface area contributed by atoms with Gasteiger partial charge < -0.3 is 10.3 Å². The molecule has 0 saturated carbocycles. The van der Waals surface area contributed by atoms with Gasteiger partial charge in [0.25, 0.3) is 0 Å². The molecule has 1 heterocycles. The monoisotopic (exact) mass is 389 g/mol. The lowest BCUT2D eigenvalue weighted by atomic mass is 10.1. The first-order valence-corrected chi connectivity index (χ1v) is 9.51. The first-order valence-electron chi connectivity index (χ1n) is 9.13. The average molecular weight is 390 g/mol. The number of halogens is 1. The van der Waals surface area contributed by atoms with Gasteiger partial charge in [0.15, 0.2) is 0 Å². The minimum absolute atomic E-state index is 0.0761. The molecule has 1 atom stereocenters.